The Morgan fingerprint density at radius 3 is 2.60 bits per heavy atom. The van der Waals surface area contributed by atoms with Gasteiger partial charge in [0.15, 0.2) is 6.21 Å². The zero-order valence-corrected chi connectivity index (χ0v) is 6.37. The number of hydrogen-bond donors (Lipinski definition) is 1. The molecule has 0 bridgehead atoms. The van der Waals surface area contributed by atoms with E-state index in [9.17, 15) is 4.79 Å². The highest BCUT2D eigenvalue weighted by atomic mass is 16.1. The number of primary amides is 1. The number of hydrogen-bond acceptors (Lipinski definition) is 1. The second-order valence-electron chi connectivity index (χ2n) is 2.21. The highest BCUT2D eigenvalue weighted by Crippen LogP contribution is 1.77. The summed E-state index contributed by atoms with van der Waals surface area (Å²) in [5.74, 6) is -0.302. The van der Waals surface area contributed by atoms with E-state index in [0.29, 0.717) is 6.42 Å². The van der Waals surface area contributed by atoms with Gasteiger partial charge >= 0.3 is 0 Å². The van der Waals surface area contributed by atoms with Crippen LogP contribution in [0.15, 0.2) is 12.2 Å². The van der Waals surface area contributed by atoms with Crippen molar-refractivity contribution >= 4 is 12.1 Å². The largest absolute Gasteiger partial charge is 0.369 e. The van der Waals surface area contributed by atoms with Crippen molar-refractivity contribution in [2.75, 3.05) is 14.1 Å². The smallest absolute Gasteiger partial charge is 0.221 e. The van der Waals surface area contributed by atoms with E-state index in [0.717, 1.165) is 0 Å². The predicted octanol–water partition coefficient (Wildman–Crippen LogP) is -0.239. The van der Waals surface area contributed by atoms with Gasteiger partial charge in [-0.1, -0.05) is 6.08 Å². The summed E-state index contributed by atoms with van der Waals surface area (Å²) in [5.41, 5.74) is 4.89. The van der Waals surface area contributed by atoms with Crippen molar-refractivity contribution in [3.05, 3.63) is 12.2 Å². The summed E-state index contributed by atoms with van der Waals surface area (Å²) in [6, 6.07) is 0. The van der Waals surface area contributed by atoms with Crippen molar-refractivity contribution in [2.45, 2.75) is 6.42 Å². The van der Waals surface area contributed by atoms with Gasteiger partial charge in [-0.05, 0) is 6.08 Å². The Bertz CT molecular complexity index is 166. The van der Waals surface area contributed by atoms with Crippen LogP contribution in [-0.2, 0) is 4.79 Å². The van der Waals surface area contributed by atoms with Crippen LogP contribution in [0.2, 0.25) is 0 Å². The Hall–Kier alpha value is -1.12. The zero-order chi connectivity index (χ0) is 7.98. The Kier molecular flexibility index (Phi) is 4.20. The maximum absolute atomic E-state index is 10.2. The molecule has 0 aliphatic rings. The van der Waals surface area contributed by atoms with Gasteiger partial charge in [0.1, 0.15) is 14.1 Å². The first-order valence-electron chi connectivity index (χ1n) is 3.07. The van der Waals surface area contributed by atoms with Gasteiger partial charge in [0.05, 0.1) is 0 Å². The van der Waals surface area contributed by atoms with Gasteiger partial charge in [-0.25, -0.2) is 4.58 Å². The SMILES string of the molecule is C[N+](C)=C/C=C\CC(N)=O. The minimum atomic E-state index is -0.302. The summed E-state index contributed by atoms with van der Waals surface area (Å²) in [6.45, 7) is 0. The lowest BCUT2D eigenvalue weighted by Gasteiger charge is -1.81. The molecule has 3 nitrogen and oxygen atoms in total. The molecular weight excluding hydrogens is 128 g/mol. The number of nitrogens with zero attached hydrogens (tertiary/aromatic N) is 1. The van der Waals surface area contributed by atoms with Crippen LogP contribution in [0.25, 0.3) is 0 Å². The first-order chi connectivity index (χ1) is 4.63. The standard InChI is InChI=1S/C7H12N2O/c1-9(2)6-4-3-5-7(8)10/h3-4,6H,5H2,1-2H3,(H-,8,10)/p+1/b4-3-. The lowest BCUT2D eigenvalue weighted by Crippen LogP contribution is -2.08. The van der Waals surface area contributed by atoms with Crippen molar-refractivity contribution < 1.29 is 9.37 Å². The number of rotatable bonds is 3. The van der Waals surface area contributed by atoms with E-state index < -0.39 is 0 Å². The molecule has 0 rings (SSSR count). The Balaban J connectivity index is 3.58. The number of nitrogens with two attached hydrogens (primary N) is 1. The molecule has 3 heteroatoms. The summed E-state index contributed by atoms with van der Waals surface area (Å²) < 4.78 is 1.89. The summed E-state index contributed by atoms with van der Waals surface area (Å²) >= 11 is 0. The maximum Gasteiger partial charge on any atom is 0.221 e. The van der Waals surface area contributed by atoms with E-state index in [2.05, 4.69) is 0 Å². The highest BCUT2D eigenvalue weighted by molar-refractivity contribution is 5.76. The molecule has 0 aliphatic carbocycles. The van der Waals surface area contributed by atoms with Gasteiger partial charge in [-0.2, -0.15) is 0 Å². The Morgan fingerprint density at radius 2 is 2.20 bits per heavy atom. The number of amides is 1. The molecule has 0 saturated heterocycles. The fraction of sp³-hybridized carbons (Fsp3) is 0.429. The van der Waals surface area contributed by atoms with E-state index in [1.54, 1.807) is 12.2 Å². The molecule has 0 aromatic rings. The molecule has 0 fully saturated rings. The third-order valence-corrected chi connectivity index (χ3v) is 0.839. The highest BCUT2D eigenvalue weighted by Gasteiger charge is 1.85. The molecule has 0 radical (unpaired) electrons. The molecule has 0 aliphatic heterocycles. The van der Waals surface area contributed by atoms with E-state index >= 15 is 0 Å². The van der Waals surface area contributed by atoms with Crippen molar-refractivity contribution in [3.63, 3.8) is 0 Å². The van der Waals surface area contributed by atoms with E-state index in [4.69, 9.17) is 5.73 Å². The van der Waals surface area contributed by atoms with Crippen molar-refractivity contribution in [1.82, 2.24) is 0 Å². The molecular formula is C7H13N2O+. The van der Waals surface area contributed by atoms with Gasteiger partial charge in [0.25, 0.3) is 0 Å². The predicted molar refractivity (Wildman–Crippen MR) is 41.1 cm³/mol. The molecule has 0 heterocycles. The van der Waals surface area contributed by atoms with E-state index in [-0.39, 0.29) is 5.91 Å². The second-order valence-corrected chi connectivity index (χ2v) is 2.21. The average molecular weight is 141 g/mol. The molecule has 0 saturated carbocycles. The molecule has 0 atom stereocenters. The Labute approximate surface area is 60.8 Å². The van der Waals surface area contributed by atoms with Gasteiger partial charge < -0.3 is 5.73 Å². The van der Waals surface area contributed by atoms with Gasteiger partial charge in [0, 0.05) is 6.42 Å². The van der Waals surface area contributed by atoms with Gasteiger partial charge in [-0.3, -0.25) is 4.79 Å². The van der Waals surface area contributed by atoms with Crippen LogP contribution >= 0.6 is 0 Å². The fourth-order valence-electron chi connectivity index (χ4n) is 0.417. The fourth-order valence-corrected chi connectivity index (χ4v) is 0.417. The number of carbonyl (C=O) groups excluding carboxylic acids is 1. The molecule has 2 N–H and O–H groups in total. The lowest BCUT2D eigenvalue weighted by atomic mass is 10.4. The zero-order valence-electron chi connectivity index (χ0n) is 6.37. The van der Waals surface area contributed by atoms with E-state index in [1.807, 2.05) is 24.9 Å². The molecule has 0 spiro atoms. The lowest BCUT2D eigenvalue weighted by molar-refractivity contribution is -0.458. The minimum absolute atomic E-state index is 0.302. The van der Waals surface area contributed by atoms with Crippen LogP contribution in [0, 0.1) is 0 Å². The summed E-state index contributed by atoms with van der Waals surface area (Å²) in [7, 11) is 3.82. The molecule has 0 unspecified atom stereocenters. The first kappa shape index (κ1) is 8.88. The topological polar surface area (TPSA) is 46.1 Å². The monoisotopic (exact) mass is 141 g/mol. The molecule has 1 amide bonds. The van der Waals surface area contributed by atoms with Crippen LogP contribution in [0.5, 0.6) is 0 Å². The summed E-state index contributed by atoms with van der Waals surface area (Å²) in [6.07, 6.45) is 5.68. The quantitative estimate of drug-likeness (QED) is 0.428. The van der Waals surface area contributed by atoms with Crippen molar-refractivity contribution in [1.29, 1.82) is 0 Å². The van der Waals surface area contributed by atoms with E-state index in [1.165, 1.54) is 0 Å². The third-order valence-electron chi connectivity index (χ3n) is 0.839. The second kappa shape index (κ2) is 4.73. The normalized spacial score (nSPS) is 9.80. The van der Waals surface area contributed by atoms with Crippen LogP contribution in [0.3, 0.4) is 0 Å². The van der Waals surface area contributed by atoms with Crippen LogP contribution in [-0.4, -0.2) is 30.8 Å². The van der Waals surface area contributed by atoms with Gasteiger partial charge in [-0.15, -0.1) is 0 Å². The van der Waals surface area contributed by atoms with Gasteiger partial charge in [0.2, 0.25) is 5.91 Å². The molecule has 0 aromatic carbocycles. The van der Waals surface area contributed by atoms with Crippen molar-refractivity contribution in [3.8, 4) is 0 Å². The average Bonchev–Trinajstić information content (AvgIpc) is 1.79. The summed E-state index contributed by atoms with van der Waals surface area (Å²) in [5, 5.41) is 0. The number of allylic oxidation sites excluding steroid dienone is 1. The molecule has 10 heavy (non-hydrogen) atoms. The Morgan fingerprint density at radius 1 is 1.60 bits per heavy atom. The van der Waals surface area contributed by atoms with Crippen LogP contribution in [0.4, 0.5) is 0 Å². The van der Waals surface area contributed by atoms with Crippen LogP contribution in [0.1, 0.15) is 6.42 Å². The van der Waals surface area contributed by atoms with Crippen molar-refractivity contribution in [2.24, 2.45) is 5.73 Å². The molecule has 0 aromatic heterocycles. The first-order valence-corrected chi connectivity index (χ1v) is 3.07. The number of carbonyl (C=O) groups is 1. The molecule has 56 valence electrons. The summed E-state index contributed by atoms with van der Waals surface area (Å²) in [4.78, 5) is 10.2. The maximum atomic E-state index is 10.2. The minimum Gasteiger partial charge on any atom is -0.369 e. The third kappa shape index (κ3) is 6.88. The van der Waals surface area contributed by atoms with Crippen LogP contribution < -0.4 is 5.73 Å².